The van der Waals surface area contributed by atoms with E-state index in [1.54, 1.807) is 23.4 Å². The van der Waals surface area contributed by atoms with Crippen molar-refractivity contribution in [2.75, 3.05) is 7.11 Å². The quantitative estimate of drug-likeness (QED) is 0.382. The molecule has 0 aliphatic rings. The standard InChI is InChI=1S/C24H20N4O2S/c1-16-8-3-5-12-20(16)27-22(29)19-11-4-6-13-21(19)28-23(27)25-26-24(28)31-15-17-9-7-10-18(14-17)30-2/h3-14H,15H2,1-2H3. The number of ether oxygens (including phenoxy) is 1. The fourth-order valence-electron chi connectivity index (χ4n) is 3.71. The van der Waals surface area contributed by atoms with Crippen LogP contribution in [-0.4, -0.2) is 26.3 Å². The molecule has 0 radical (unpaired) electrons. The maximum absolute atomic E-state index is 13.4. The molecular weight excluding hydrogens is 408 g/mol. The van der Waals surface area contributed by atoms with Gasteiger partial charge in [-0.3, -0.25) is 9.20 Å². The molecule has 0 saturated heterocycles. The van der Waals surface area contributed by atoms with Crippen molar-refractivity contribution in [3.8, 4) is 11.4 Å². The average molecular weight is 429 g/mol. The van der Waals surface area contributed by atoms with Crippen LogP contribution in [0.4, 0.5) is 0 Å². The Hall–Kier alpha value is -3.58. The maximum atomic E-state index is 13.4. The summed E-state index contributed by atoms with van der Waals surface area (Å²) in [6, 6.07) is 23.4. The van der Waals surface area contributed by atoms with Gasteiger partial charge in [0.25, 0.3) is 5.56 Å². The van der Waals surface area contributed by atoms with E-state index < -0.39 is 0 Å². The van der Waals surface area contributed by atoms with Crippen molar-refractivity contribution in [2.24, 2.45) is 0 Å². The van der Waals surface area contributed by atoms with E-state index in [2.05, 4.69) is 16.3 Å². The summed E-state index contributed by atoms with van der Waals surface area (Å²) in [5.74, 6) is 2.03. The second kappa shape index (κ2) is 7.92. The van der Waals surface area contributed by atoms with Gasteiger partial charge in [-0.05, 0) is 48.4 Å². The van der Waals surface area contributed by atoms with E-state index in [-0.39, 0.29) is 5.56 Å². The van der Waals surface area contributed by atoms with Crippen LogP contribution in [0.3, 0.4) is 0 Å². The zero-order valence-corrected chi connectivity index (χ0v) is 18.0. The van der Waals surface area contributed by atoms with E-state index in [0.717, 1.165) is 33.2 Å². The number of nitrogens with zero attached hydrogens (tertiary/aromatic N) is 4. The van der Waals surface area contributed by atoms with Crippen LogP contribution in [0.15, 0.2) is 82.7 Å². The summed E-state index contributed by atoms with van der Waals surface area (Å²) in [5, 5.41) is 10.2. The van der Waals surface area contributed by atoms with Crippen molar-refractivity contribution in [3.63, 3.8) is 0 Å². The Labute approximate surface area is 183 Å². The number of thioether (sulfide) groups is 1. The van der Waals surface area contributed by atoms with Crippen molar-refractivity contribution in [1.82, 2.24) is 19.2 Å². The van der Waals surface area contributed by atoms with E-state index in [1.807, 2.05) is 78.1 Å². The largest absolute Gasteiger partial charge is 0.497 e. The van der Waals surface area contributed by atoms with Crippen LogP contribution in [0.5, 0.6) is 5.75 Å². The van der Waals surface area contributed by atoms with E-state index in [1.165, 1.54) is 0 Å². The Balaban J connectivity index is 1.70. The van der Waals surface area contributed by atoms with Gasteiger partial charge in [-0.15, -0.1) is 10.2 Å². The maximum Gasteiger partial charge on any atom is 0.267 e. The predicted octanol–water partition coefficient (Wildman–Crippen LogP) is 4.64. The molecule has 0 aliphatic carbocycles. The number of aromatic nitrogens is 4. The number of para-hydroxylation sites is 2. The summed E-state index contributed by atoms with van der Waals surface area (Å²) >= 11 is 1.58. The molecule has 2 aromatic heterocycles. The van der Waals surface area contributed by atoms with Crippen molar-refractivity contribution in [2.45, 2.75) is 17.8 Å². The van der Waals surface area contributed by atoms with Crippen LogP contribution in [-0.2, 0) is 5.75 Å². The van der Waals surface area contributed by atoms with Gasteiger partial charge >= 0.3 is 0 Å². The van der Waals surface area contributed by atoms with Crippen LogP contribution < -0.4 is 10.3 Å². The topological polar surface area (TPSA) is 61.4 Å². The van der Waals surface area contributed by atoms with Crippen molar-refractivity contribution >= 4 is 28.4 Å². The number of hydrogen-bond acceptors (Lipinski definition) is 5. The highest BCUT2D eigenvalue weighted by Crippen LogP contribution is 2.27. The number of hydrogen-bond donors (Lipinski definition) is 0. The number of fused-ring (bicyclic) bond motifs is 3. The Morgan fingerprint density at radius 2 is 1.77 bits per heavy atom. The highest BCUT2D eigenvalue weighted by molar-refractivity contribution is 7.98. The summed E-state index contributed by atoms with van der Waals surface area (Å²) in [6.45, 7) is 1.99. The average Bonchev–Trinajstić information content (AvgIpc) is 3.23. The second-order valence-corrected chi connectivity index (χ2v) is 8.14. The minimum Gasteiger partial charge on any atom is -0.497 e. The smallest absolute Gasteiger partial charge is 0.267 e. The predicted molar refractivity (Wildman–Crippen MR) is 123 cm³/mol. The SMILES string of the molecule is COc1cccc(CSc2nnc3n(-c4ccccc4C)c(=O)c4ccccc4n23)c1. The molecule has 154 valence electrons. The number of rotatable bonds is 5. The van der Waals surface area contributed by atoms with Gasteiger partial charge in [-0.25, -0.2) is 4.57 Å². The normalized spacial score (nSPS) is 11.3. The lowest BCUT2D eigenvalue weighted by Crippen LogP contribution is -2.22. The summed E-state index contributed by atoms with van der Waals surface area (Å²) in [6.07, 6.45) is 0. The fraction of sp³-hybridized carbons (Fsp3) is 0.125. The molecule has 31 heavy (non-hydrogen) atoms. The van der Waals surface area contributed by atoms with Gasteiger partial charge in [0.2, 0.25) is 5.78 Å². The Kier molecular flexibility index (Phi) is 4.95. The molecule has 0 N–H and O–H groups in total. The molecule has 3 aromatic carbocycles. The van der Waals surface area contributed by atoms with Gasteiger partial charge in [0, 0.05) is 5.75 Å². The lowest BCUT2D eigenvalue weighted by atomic mass is 10.2. The zero-order valence-electron chi connectivity index (χ0n) is 17.1. The van der Waals surface area contributed by atoms with Gasteiger partial charge in [-0.2, -0.15) is 0 Å². The van der Waals surface area contributed by atoms with Crippen molar-refractivity contribution < 1.29 is 4.74 Å². The summed E-state index contributed by atoms with van der Waals surface area (Å²) < 4.78 is 8.95. The van der Waals surface area contributed by atoms with Crippen LogP contribution >= 0.6 is 11.8 Å². The second-order valence-electron chi connectivity index (χ2n) is 7.20. The van der Waals surface area contributed by atoms with E-state index in [4.69, 9.17) is 4.74 Å². The third-order valence-electron chi connectivity index (χ3n) is 5.25. The molecule has 0 unspecified atom stereocenters. The summed E-state index contributed by atoms with van der Waals surface area (Å²) in [4.78, 5) is 13.4. The molecule has 6 nitrogen and oxygen atoms in total. The fourth-order valence-corrected chi connectivity index (χ4v) is 4.60. The van der Waals surface area contributed by atoms with Crippen molar-refractivity contribution in [3.05, 3.63) is 94.3 Å². The first-order chi connectivity index (χ1) is 15.2. The molecule has 0 saturated carbocycles. The highest BCUT2D eigenvalue weighted by Gasteiger charge is 2.18. The lowest BCUT2D eigenvalue weighted by Gasteiger charge is -2.13. The van der Waals surface area contributed by atoms with Gasteiger partial charge in [0.1, 0.15) is 5.75 Å². The van der Waals surface area contributed by atoms with Gasteiger partial charge in [0.05, 0.1) is 23.7 Å². The molecule has 5 aromatic rings. The van der Waals surface area contributed by atoms with Gasteiger partial charge in [0.15, 0.2) is 5.16 Å². The van der Waals surface area contributed by atoms with Gasteiger partial charge < -0.3 is 4.74 Å². The van der Waals surface area contributed by atoms with Crippen LogP contribution in [0.1, 0.15) is 11.1 Å². The molecule has 0 aliphatic heterocycles. The molecule has 0 amide bonds. The molecule has 0 atom stereocenters. The Bertz CT molecular complexity index is 1470. The summed E-state index contributed by atoms with van der Waals surface area (Å²) in [7, 11) is 1.66. The number of aryl methyl sites for hydroxylation is 1. The molecule has 7 heteroatoms. The van der Waals surface area contributed by atoms with Crippen LogP contribution in [0.25, 0.3) is 22.4 Å². The monoisotopic (exact) mass is 428 g/mol. The molecule has 0 bridgehead atoms. The Morgan fingerprint density at radius 3 is 2.61 bits per heavy atom. The van der Waals surface area contributed by atoms with Gasteiger partial charge in [-0.1, -0.05) is 54.2 Å². The number of methoxy groups -OCH3 is 1. The third kappa shape index (κ3) is 3.37. The minimum atomic E-state index is -0.103. The van der Waals surface area contributed by atoms with Crippen LogP contribution in [0.2, 0.25) is 0 Å². The zero-order chi connectivity index (χ0) is 21.4. The van der Waals surface area contributed by atoms with E-state index in [9.17, 15) is 4.79 Å². The molecular formula is C24H20N4O2S. The van der Waals surface area contributed by atoms with Crippen LogP contribution in [0, 0.1) is 6.92 Å². The minimum absolute atomic E-state index is 0.103. The first-order valence-corrected chi connectivity index (χ1v) is 10.9. The lowest BCUT2D eigenvalue weighted by molar-refractivity contribution is 0.414. The first-order valence-electron chi connectivity index (χ1n) is 9.88. The first kappa shape index (κ1) is 19.4. The molecule has 2 heterocycles. The molecule has 0 fully saturated rings. The molecule has 5 rings (SSSR count). The van der Waals surface area contributed by atoms with E-state index in [0.29, 0.717) is 16.9 Å². The summed E-state index contributed by atoms with van der Waals surface area (Å²) in [5.41, 5.74) is 3.62. The van der Waals surface area contributed by atoms with E-state index >= 15 is 0 Å². The Morgan fingerprint density at radius 1 is 0.968 bits per heavy atom. The molecule has 0 spiro atoms. The third-order valence-corrected chi connectivity index (χ3v) is 6.25. The number of benzene rings is 3. The highest BCUT2D eigenvalue weighted by atomic mass is 32.2. The van der Waals surface area contributed by atoms with Crippen molar-refractivity contribution in [1.29, 1.82) is 0 Å².